The summed E-state index contributed by atoms with van der Waals surface area (Å²) in [4.78, 5) is 0. The SMILES string of the molecule is CCC/C=C(/C)C(C)=N. The molecule has 1 heteroatoms. The lowest BCUT2D eigenvalue weighted by Crippen LogP contribution is -1.88. The lowest BCUT2D eigenvalue weighted by molar-refractivity contribution is 0.953. The Hall–Kier alpha value is -0.590. The van der Waals surface area contributed by atoms with Crippen LogP contribution in [0.5, 0.6) is 0 Å². The number of unbranched alkanes of at least 4 members (excludes halogenated alkanes) is 1. The Bertz CT molecular complexity index is 123. The summed E-state index contributed by atoms with van der Waals surface area (Å²) in [5, 5.41) is 7.21. The van der Waals surface area contributed by atoms with Crippen molar-refractivity contribution in [2.24, 2.45) is 0 Å². The van der Waals surface area contributed by atoms with Crippen LogP contribution in [-0.2, 0) is 0 Å². The van der Waals surface area contributed by atoms with E-state index in [1.807, 2.05) is 13.8 Å². The lowest BCUT2D eigenvalue weighted by atomic mass is 10.1. The van der Waals surface area contributed by atoms with Crippen LogP contribution < -0.4 is 0 Å². The van der Waals surface area contributed by atoms with Gasteiger partial charge in [-0.1, -0.05) is 19.4 Å². The summed E-state index contributed by atoms with van der Waals surface area (Å²) in [7, 11) is 0. The standard InChI is InChI=1S/C8H15N/c1-4-5-6-7(2)8(3)9/h6,9H,4-5H2,1-3H3/b7-6-,9-8?. The second-order valence-electron chi connectivity index (χ2n) is 2.30. The van der Waals surface area contributed by atoms with Gasteiger partial charge >= 0.3 is 0 Å². The molecule has 52 valence electrons. The largest absolute Gasteiger partial charge is 0.305 e. The molecule has 0 aromatic carbocycles. The van der Waals surface area contributed by atoms with Crippen LogP contribution in [0.3, 0.4) is 0 Å². The van der Waals surface area contributed by atoms with Gasteiger partial charge < -0.3 is 5.41 Å². The van der Waals surface area contributed by atoms with Crippen LogP contribution in [-0.4, -0.2) is 5.71 Å². The molecule has 0 aromatic rings. The van der Waals surface area contributed by atoms with Crippen LogP contribution in [0.2, 0.25) is 0 Å². The van der Waals surface area contributed by atoms with E-state index >= 15 is 0 Å². The van der Waals surface area contributed by atoms with Gasteiger partial charge in [-0.05, 0) is 25.8 Å². The van der Waals surface area contributed by atoms with Gasteiger partial charge in [-0.15, -0.1) is 0 Å². The minimum atomic E-state index is 0.684. The van der Waals surface area contributed by atoms with E-state index in [0.717, 1.165) is 12.0 Å². The fraction of sp³-hybridized carbons (Fsp3) is 0.625. The Kier molecular flexibility index (Phi) is 4.02. The van der Waals surface area contributed by atoms with Crippen molar-refractivity contribution in [2.75, 3.05) is 0 Å². The topological polar surface area (TPSA) is 23.9 Å². The molecule has 0 aliphatic rings. The minimum absolute atomic E-state index is 0.684. The molecular weight excluding hydrogens is 110 g/mol. The molecule has 1 N–H and O–H groups in total. The fourth-order valence-corrected chi connectivity index (χ4v) is 0.514. The molecule has 9 heavy (non-hydrogen) atoms. The zero-order chi connectivity index (χ0) is 7.28. The van der Waals surface area contributed by atoms with Crippen molar-refractivity contribution < 1.29 is 0 Å². The average molecular weight is 125 g/mol. The van der Waals surface area contributed by atoms with E-state index in [0.29, 0.717) is 5.71 Å². The smallest absolute Gasteiger partial charge is 0.0308 e. The number of hydrogen-bond donors (Lipinski definition) is 1. The molecular formula is C8H15N. The maximum absolute atomic E-state index is 7.21. The molecule has 0 aliphatic heterocycles. The highest BCUT2D eigenvalue weighted by Crippen LogP contribution is 1.98. The highest BCUT2D eigenvalue weighted by molar-refractivity contribution is 5.94. The van der Waals surface area contributed by atoms with Gasteiger partial charge in [0, 0.05) is 5.71 Å². The second-order valence-corrected chi connectivity index (χ2v) is 2.30. The summed E-state index contributed by atoms with van der Waals surface area (Å²) < 4.78 is 0. The summed E-state index contributed by atoms with van der Waals surface area (Å²) in [6.45, 7) is 5.95. The number of hydrogen-bond acceptors (Lipinski definition) is 1. The first-order chi connectivity index (χ1) is 4.18. The molecule has 0 rings (SSSR count). The van der Waals surface area contributed by atoms with Crippen LogP contribution in [0.15, 0.2) is 11.6 Å². The monoisotopic (exact) mass is 125 g/mol. The molecule has 0 amide bonds. The Morgan fingerprint density at radius 2 is 2.00 bits per heavy atom. The number of rotatable bonds is 3. The molecule has 0 fully saturated rings. The second kappa shape index (κ2) is 4.30. The molecule has 0 atom stereocenters. The first-order valence-corrected chi connectivity index (χ1v) is 3.40. The Labute approximate surface area is 57.3 Å². The first-order valence-electron chi connectivity index (χ1n) is 3.40. The Balaban J connectivity index is 3.69. The third-order valence-corrected chi connectivity index (χ3v) is 1.33. The first kappa shape index (κ1) is 8.41. The molecule has 0 bridgehead atoms. The van der Waals surface area contributed by atoms with Crippen molar-refractivity contribution in [3.05, 3.63) is 11.6 Å². The van der Waals surface area contributed by atoms with E-state index in [1.54, 1.807) is 0 Å². The number of allylic oxidation sites excluding steroid dienone is 2. The van der Waals surface area contributed by atoms with Crippen LogP contribution in [0, 0.1) is 5.41 Å². The van der Waals surface area contributed by atoms with Gasteiger partial charge in [0.1, 0.15) is 0 Å². The van der Waals surface area contributed by atoms with Crippen molar-refractivity contribution in [1.82, 2.24) is 0 Å². The average Bonchev–Trinajstić information content (AvgIpc) is 1.82. The van der Waals surface area contributed by atoms with E-state index in [4.69, 9.17) is 5.41 Å². The quantitative estimate of drug-likeness (QED) is 0.561. The predicted molar refractivity (Wildman–Crippen MR) is 42.1 cm³/mol. The third kappa shape index (κ3) is 3.95. The van der Waals surface area contributed by atoms with Gasteiger partial charge in [0.15, 0.2) is 0 Å². The van der Waals surface area contributed by atoms with Crippen LogP contribution in [0.25, 0.3) is 0 Å². The number of nitrogens with one attached hydrogen (secondary N) is 1. The van der Waals surface area contributed by atoms with Crippen molar-refractivity contribution in [1.29, 1.82) is 5.41 Å². The summed E-state index contributed by atoms with van der Waals surface area (Å²) in [6.07, 6.45) is 4.38. The molecule has 1 nitrogen and oxygen atoms in total. The van der Waals surface area contributed by atoms with Crippen LogP contribution >= 0.6 is 0 Å². The third-order valence-electron chi connectivity index (χ3n) is 1.33. The van der Waals surface area contributed by atoms with E-state index in [-0.39, 0.29) is 0 Å². The van der Waals surface area contributed by atoms with E-state index in [9.17, 15) is 0 Å². The summed E-state index contributed by atoms with van der Waals surface area (Å²) in [5.74, 6) is 0. The highest BCUT2D eigenvalue weighted by atomic mass is 14.4. The summed E-state index contributed by atoms with van der Waals surface area (Å²) in [5.41, 5.74) is 1.79. The van der Waals surface area contributed by atoms with E-state index in [1.165, 1.54) is 6.42 Å². The van der Waals surface area contributed by atoms with E-state index in [2.05, 4.69) is 13.0 Å². The van der Waals surface area contributed by atoms with Gasteiger partial charge in [-0.3, -0.25) is 0 Å². The van der Waals surface area contributed by atoms with Gasteiger partial charge in [0.05, 0.1) is 0 Å². The predicted octanol–water partition coefficient (Wildman–Crippen LogP) is 2.77. The van der Waals surface area contributed by atoms with Crippen LogP contribution in [0.1, 0.15) is 33.6 Å². The van der Waals surface area contributed by atoms with Gasteiger partial charge in [-0.2, -0.15) is 0 Å². The molecule has 0 aliphatic carbocycles. The van der Waals surface area contributed by atoms with Crippen molar-refractivity contribution >= 4 is 5.71 Å². The molecule has 0 heterocycles. The van der Waals surface area contributed by atoms with Crippen molar-refractivity contribution in [3.63, 3.8) is 0 Å². The highest BCUT2D eigenvalue weighted by Gasteiger charge is 1.87. The molecule has 0 aromatic heterocycles. The van der Waals surface area contributed by atoms with Crippen LogP contribution in [0.4, 0.5) is 0 Å². The Morgan fingerprint density at radius 1 is 1.44 bits per heavy atom. The zero-order valence-corrected chi connectivity index (χ0v) is 6.49. The maximum Gasteiger partial charge on any atom is 0.0308 e. The minimum Gasteiger partial charge on any atom is -0.305 e. The summed E-state index contributed by atoms with van der Waals surface area (Å²) in [6, 6.07) is 0. The van der Waals surface area contributed by atoms with Crippen molar-refractivity contribution in [2.45, 2.75) is 33.6 Å². The molecule has 0 radical (unpaired) electrons. The Morgan fingerprint density at radius 3 is 2.33 bits per heavy atom. The lowest BCUT2D eigenvalue weighted by Gasteiger charge is -1.94. The molecule has 0 unspecified atom stereocenters. The summed E-state index contributed by atoms with van der Waals surface area (Å²) >= 11 is 0. The molecule has 0 saturated carbocycles. The normalized spacial score (nSPS) is 11.7. The fourth-order valence-electron chi connectivity index (χ4n) is 0.514. The van der Waals surface area contributed by atoms with Crippen molar-refractivity contribution in [3.8, 4) is 0 Å². The van der Waals surface area contributed by atoms with Gasteiger partial charge in [-0.25, -0.2) is 0 Å². The maximum atomic E-state index is 7.21. The van der Waals surface area contributed by atoms with E-state index < -0.39 is 0 Å². The molecule has 0 saturated heterocycles. The molecule has 0 spiro atoms. The van der Waals surface area contributed by atoms with Gasteiger partial charge in [0.2, 0.25) is 0 Å². The zero-order valence-electron chi connectivity index (χ0n) is 6.49. The van der Waals surface area contributed by atoms with Gasteiger partial charge in [0.25, 0.3) is 0 Å².